The topological polar surface area (TPSA) is 84.5 Å². The Morgan fingerprint density at radius 2 is 1.88 bits per heavy atom. The molecule has 0 aromatic heterocycles. The van der Waals surface area contributed by atoms with Crippen LogP contribution in [0.4, 0.5) is 15.8 Å². The molecule has 2 aromatic carbocycles. The largest absolute Gasteiger partial charge is 0.497 e. The van der Waals surface area contributed by atoms with Crippen molar-refractivity contribution in [3.8, 4) is 5.75 Å². The predicted octanol–water partition coefficient (Wildman–Crippen LogP) is 2.52. The van der Waals surface area contributed by atoms with Gasteiger partial charge < -0.3 is 10.1 Å². The molecule has 0 fully saturated rings. The van der Waals surface area contributed by atoms with E-state index in [-0.39, 0.29) is 12.3 Å². The molecule has 126 valence electrons. The molecule has 0 atom stereocenters. The maximum Gasteiger partial charge on any atom is 0.264 e. The van der Waals surface area contributed by atoms with Crippen molar-refractivity contribution in [2.75, 3.05) is 17.1 Å². The molecular weight excluding hydrogens is 335 g/mol. The maximum absolute atomic E-state index is 14.2. The lowest BCUT2D eigenvalue weighted by Crippen LogP contribution is -2.21. The third-order valence-electron chi connectivity index (χ3n) is 3.68. The summed E-state index contributed by atoms with van der Waals surface area (Å²) < 4.78 is 46.5. The molecule has 0 spiro atoms. The van der Waals surface area contributed by atoms with Gasteiger partial charge in [0, 0.05) is 17.8 Å². The number of amides is 1. The summed E-state index contributed by atoms with van der Waals surface area (Å²) in [5.41, 5.74) is 1.19. The first kappa shape index (κ1) is 16.3. The Labute approximate surface area is 138 Å². The van der Waals surface area contributed by atoms with Gasteiger partial charge in [0.1, 0.15) is 16.5 Å². The summed E-state index contributed by atoms with van der Waals surface area (Å²) in [7, 11) is -2.59. The minimum Gasteiger partial charge on any atom is -0.497 e. The minimum atomic E-state index is -4.09. The second kappa shape index (κ2) is 6.12. The number of carbonyl (C=O) groups excluding carboxylic acids is 1. The van der Waals surface area contributed by atoms with E-state index in [1.165, 1.54) is 25.3 Å². The first-order valence-electron chi connectivity index (χ1n) is 7.18. The summed E-state index contributed by atoms with van der Waals surface area (Å²) in [4.78, 5) is 10.9. The van der Waals surface area contributed by atoms with Crippen LogP contribution in [0.5, 0.6) is 5.75 Å². The predicted molar refractivity (Wildman–Crippen MR) is 87.2 cm³/mol. The molecule has 1 aliphatic heterocycles. The minimum absolute atomic E-state index is 0.214. The van der Waals surface area contributed by atoms with Crippen LogP contribution in [0.15, 0.2) is 41.3 Å². The van der Waals surface area contributed by atoms with Gasteiger partial charge in [-0.25, -0.2) is 12.8 Å². The number of hydrogen-bond donors (Lipinski definition) is 2. The van der Waals surface area contributed by atoms with Gasteiger partial charge in [-0.1, -0.05) is 0 Å². The highest BCUT2D eigenvalue weighted by Gasteiger charge is 2.24. The molecule has 0 saturated carbocycles. The number of sulfonamides is 1. The average molecular weight is 350 g/mol. The Hall–Kier alpha value is -2.61. The highest BCUT2D eigenvalue weighted by Crippen LogP contribution is 2.29. The van der Waals surface area contributed by atoms with E-state index in [2.05, 4.69) is 10.0 Å². The Morgan fingerprint density at radius 3 is 2.54 bits per heavy atom. The molecule has 0 aliphatic carbocycles. The van der Waals surface area contributed by atoms with Crippen LogP contribution >= 0.6 is 0 Å². The van der Waals surface area contributed by atoms with E-state index >= 15 is 0 Å². The number of nitrogens with one attached hydrogen (secondary N) is 2. The number of aryl methyl sites for hydroxylation is 1. The van der Waals surface area contributed by atoms with Crippen molar-refractivity contribution < 1.29 is 22.3 Å². The molecule has 1 amide bonds. The number of ether oxygens (including phenoxy) is 1. The number of fused-ring (bicyclic) bond motifs is 1. The summed E-state index contributed by atoms with van der Waals surface area (Å²) in [6, 6.07) is 8.53. The highest BCUT2D eigenvalue weighted by molar-refractivity contribution is 7.92. The van der Waals surface area contributed by atoms with Crippen molar-refractivity contribution in [2.24, 2.45) is 0 Å². The van der Waals surface area contributed by atoms with E-state index in [9.17, 15) is 17.6 Å². The standard InChI is InChI=1S/C16H15FN2O4S/c1-23-12-5-3-11(4-6-12)19-24(21,22)15-8-10-2-7-16(20)18-14(10)9-13(15)17/h3-6,8-9,19H,2,7H2,1H3,(H,18,20). The van der Waals surface area contributed by atoms with Crippen LogP contribution in [-0.2, 0) is 21.2 Å². The zero-order valence-corrected chi connectivity index (χ0v) is 13.6. The van der Waals surface area contributed by atoms with Crippen LogP contribution in [-0.4, -0.2) is 21.4 Å². The number of rotatable bonds is 4. The fraction of sp³-hybridized carbons (Fsp3) is 0.188. The Morgan fingerprint density at radius 1 is 1.17 bits per heavy atom. The number of halogens is 1. The molecule has 2 N–H and O–H groups in total. The van der Waals surface area contributed by atoms with E-state index < -0.39 is 20.7 Å². The van der Waals surface area contributed by atoms with Gasteiger partial charge in [-0.3, -0.25) is 9.52 Å². The summed E-state index contributed by atoms with van der Waals surface area (Å²) in [5.74, 6) is -0.556. The first-order valence-corrected chi connectivity index (χ1v) is 8.66. The number of anilines is 2. The van der Waals surface area contributed by atoms with Crippen molar-refractivity contribution in [3.05, 3.63) is 47.8 Å². The molecule has 0 radical (unpaired) electrons. The lowest BCUT2D eigenvalue weighted by atomic mass is 10.0. The van der Waals surface area contributed by atoms with E-state index in [0.717, 1.165) is 6.07 Å². The van der Waals surface area contributed by atoms with Crippen LogP contribution in [0.2, 0.25) is 0 Å². The van der Waals surface area contributed by atoms with Gasteiger partial charge in [0.2, 0.25) is 5.91 Å². The van der Waals surface area contributed by atoms with E-state index in [4.69, 9.17) is 4.74 Å². The van der Waals surface area contributed by atoms with Crippen molar-refractivity contribution in [1.82, 2.24) is 0 Å². The average Bonchev–Trinajstić information content (AvgIpc) is 2.54. The number of benzene rings is 2. The Balaban J connectivity index is 1.93. The van der Waals surface area contributed by atoms with Gasteiger partial charge in [-0.2, -0.15) is 0 Å². The maximum atomic E-state index is 14.2. The third-order valence-corrected chi connectivity index (χ3v) is 5.08. The second-order valence-corrected chi connectivity index (χ2v) is 6.97. The summed E-state index contributed by atoms with van der Waals surface area (Å²) in [6.45, 7) is 0. The first-order chi connectivity index (χ1) is 11.4. The van der Waals surface area contributed by atoms with Gasteiger partial charge in [0.25, 0.3) is 10.0 Å². The molecule has 1 heterocycles. The van der Waals surface area contributed by atoms with Crippen molar-refractivity contribution in [2.45, 2.75) is 17.7 Å². The molecule has 3 rings (SSSR count). The van der Waals surface area contributed by atoms with Crippen LogP contribution in [0.3, 0.4) is 0 Å². The summed E-state index contributed by atoms with van der Waals surface area (Å²) in [6.07, 6.45) is 0.608. The molecule has 0 bridgehead atoms. The Kier molecular flexibility index (Phi) is 4.15. The molecule has 8 heteroatoms. The van der Waals surface area contributed by atoms with Gasteiger partial charge in [-0.15, -0.1) is 0 Å². The second-order valence-electron chi connectivity index (χ2n) is 5.32. The lowest BCUT2D eigenvalue weighted by Gasteiger charge is -2.18. The van der Waals surface area contributed by atoms with Gasteiger partial charge in [0.15, 0.2) is 0 Å². The zero-order valence-electron chi connectivity index (χ0n) is 12.8. The van der Waals surface area contributed by atoms with Crippen molar-refractivity contribution >= 4 is 27.3 Å². The molecule has 6 nitrogen and oxygen atoms in total. The molecule has 1 aliphatic rings. The van der Waals surface area contributed by atoms with Gasteiger partial charge in [0.05, 0.1) is 7.11 Å². The van der Waals surface area contributed by atoms with Crippen LogP contribution in [0.25, 0.3) is 0 Å². The molecule has 24 heavy (non-hydrogen) atoms. The smallest absolute Gasteiger partial charge is 0.264 e. The van der Waals surface area contributed by atoms with E-state index in [1.54, 1.807) is 12.1 Å². The van der Waals surface area contributed by atoms with Crippen molar-refractivity contribution in [3.63, 3.8) is 0 Å². The lowest BCUT2D eigenvalue weighted by molar-refractivity contribution is -0.116. The summed E-state index contributed by atoms with van der Waals surface area (Å²) in [5, 5.41) is 2.53. The highest BCUT2D eigenvalue weighted by atomic mass is 32.2. The van der Waals surface area contributed by atoms with E-state index in [0.29, 0.717) is 29.1 Å². The fourth-order valence-electron chi connectivity index (χ4n) is 2.45. The van der Waals surface area contributed by atoms with Gasteiger partial charge >= 0.3 is 0 Å². The Bertz CT molecular complexity index is 895. The molecule has 0 unspecified atom stereocenters. The quantitative estimate of drug-likeness (QED) is 0.887. The van der Waals surface area contributed by atoms with Crippen molar-refractivity contribution in [1.29, 1.82) is 0 Å². The molecule has 0 saturated heterocycles. The van der Waals surface area contributed by atoms with Gasteiger partial charge in [-0.05, 0) is 48.4 Å². The van der Waals surface area contributed by atoms with Crippen LogP contribution in [0.1, 0.15) is 12.0 Å². The zero-order chi connectivity index (χ0) is 17.3. The van der Waals surface area contributed by atoms with Crippen LogP contribution < -0.4 is 14.8 Å². The SMILES string of the molecule is COc1ccc(NS(=O)(=O)c2cc3c(cc2F)NC(=O)CC3)cc1. The third kappa shape index (κ3) is 3.18. The normalized spacial score (nSPS) is 13.8. The molecule has 2 aromatic rings. The fourth-order valence-corrected chi connectivity index (χ4v) is 3.62. The molecular formula is C16H15FN2O4S. The number of carbonyl (C=O) groups is 1. The summed E-state index contributed by atoms with van der Waals surface area (Å²) >= 11 is 0. The number of hydrogen-bond acceptors (Lipinski definition) is 4. The number of methoxy groups -OCH3 is 1. The van der Waals surface area contributed by atoms with Crippen LogP contribution in [0, 0.1) is 5.82 Å². The van der Waals surface area contributed by atoms with E-state index in [1.807, 2.05) is 0 Å². The monoisotopic (exact) mass is 350 g/mol.